The average molecular weight is 378 g/mol. The molecular weight excluding hydrogens is 365 g/mol. The Bertz CT molecular complexity index is 908. The molecule has 0 fully saturated rings. The molecule has 122 valence electrons. The Balaban J connectivity index is 1.79. The summed E-state index contributed by atoms with van der Waals surface area (Å²) in [6.45, 7) is 1.81. The molecule has 24 heavy (non-hydrogen) atoms. The Morgan fingerprint density at radius 2 is 2.00 bits per heavy atom. The number of nitrogens with zero attached hydrogens (tertiary/aromatic N) is 2. The summed E-state index contributed by atoms with van der Waals surface area (Å²) in [7, 11) is 0. The van der Waals surface area contributed by atoms with Gasteiger partial charge in [0.15, 0.2) is 0 Å². The van der Waals surface area contributed by atoms with Crippen molar-refractivity contribution in [1.82, 2.24) is 4.98 Å². The van der Waals surface area contributed by atoms with Crippen LogP contribution in [0.2, 0.25) is 10.0 Å². The predicted molar refractivity (Wildman–Crippen MR) is 102 cm³/mol. The fourth-order valence-corrected chi connectivity index (χ4v) is 3.28. The summed E-state index contributed by atoms with van der Waals surface area (Å²) in [4.78, 5) is 4.47. The maximum atomic E-state index is 9.84. The van der Waals surface area contributed by atoms with Crippen molar-refractivity contribution in [3.63, 3.8) is 0 Å². The Hall–Kier alpha value is -2.08. The second kappa shape index (κ2) is 7.21. The van der Waals surface area contributed by atoms with Crippen LogP contribution in [-0.4, -0.2) is 15.8 Å². The van der Waals surface area contributed by atoms with Gasteiger partial charge >= 0.3 is 0 Å². The van der Waals surface area contributed by atoms with Crippen molar-refractivity contribution < 1.29 is 5.11 Å². The molecule has 0 saturated heterocycles. The van der Waals surface area contributed by atoms with Gasteiger partial charge in [-0.2, -0.15) is 5.10 Å². The highest BCUT2D eigenvalue weighted by Crippen LogP contribution is 2.32. The third kappa shape index (κ3) is 3.70. The van der Waals surface area contributed by atoms with Gasteiger partial charge in [-0.15, -0.1) is 11.3 Å². The van der Waals surface area contributed by atoms with Crippen LogP contribution in [0, 0.1) is 0 Å². The number of halogens is 2. The third-order valence-electron chi connectivity index (χ3n) is 3.32. The first-order valence-corrected chi connectivity index (χ1v) is 8.68. The van der Waals surface area contributed by atoms with E-state index in [0.29, 0.717) is 26.5 Å². The number of hydrogen-bond acceptors (Lipinski definition) is 5. The van der Waals surface area contributed by atoms with Crippen molar-refractivity contribution in [3.8, 4) is 17.0 Å². The molecule has 0 aliphatic heterocycles. The first-order valence-electron chi connectivity index (χ1n) is 7.04. The molecule has 7 heteroatoms. The highest BCUT2D eigenvalue weighted by molar-refractivity contribution is 7.14. The number of para-hydroxylation sites is 1. The van der Waals surface area contributed by atoms with Crippen LogP contribution in [0.5, 0.6) is 5.75 Å². The van der Waals surface area contributed by atoms with Crippen LogP contribution in [0.3, 0.4) is 0 Å². The van der Waals surface area contributed by atoms with Gasteiger partial charge in [-0.3, -0.25) is 5.43 Å². The zero-order valence-corrected chi connectivity index (χ0v) is 15.0. The number of nitrogens with one attached hydrogen (secondary N) is 1. The van der Waals surface area contributed by atoms with Gasteiger partial charge in [-0.25, -0.2) is 4.98 Å². The number of hydrogen-bond donors (Lipinski definition) is 2. The van der Waals surface area contributed by atoms with Crippen LogP contribution in [0.4, 0.5) is 5.13 Å². The molecule has 1 heterocycles. The minimum absolute atomic E-state index is 0.188. The summed E-state index contributed by atoms with van der Waals surface area (Å²) < 4.78 is 0. The molecule has 2 N–H and O–H groups in total. The Labute approximate surface area is 153 Å². The summed E-state index contributed by atoms with van der Waals surface area (Å²) in [5, 5.41) is 17.8. The van der Waals surface area contributed by atoms with E-state index < -0.39 is 0 Å². The highest BCUT2D eigenvalue weighted by Gasteiger charge is 2.09. The maximum Gasteiger partial charge on any atom is 0.203 e. The Morgan fingerprint density at radius 1 is 1.21 bits per heavy atom. The zero-order chi connectivity index (χ0) is 17.1. The van der Waals surface area contributed by atoms with E-state index >= 15 is 0 Å². The number of phenols is 1. The maximum absolute atomic E-state index is 9.84. The van der Waals surface area contributed by atoms with Gasteiger partial charge in [0.1, 0.15) is 5.75 Å². The van der Waals surface area contributed by atoms with Crippen molar-refractivity contribution in [1.29, 1.82) is 0 Å². The van der Waals surface area contributed by atoms with Gasteiger partial charge in [0.05, 0.1) is 16.4 Å². The summed E-state index contributed by atoms with van der Waals surface area (Å²) >= 11 is 13.5. The number of hydrazone groups is 1. The lowest BCUT2D eigenvalue weighted by atomic mass is 10.1. The van der Waals surface area contributed by atoms with E-state index in [1.54, 1.807) is 30.3 Å². The smallest absolute Gasteiger partial charge is 0.203 e. The molecular formula is C17H13Cl2N3OS. The van der Waals surface area contributed by atoms with Crippen LogP contribution in [0.15, 0.2) is 52.9 Å². The van der Waals surface area contributed by atoms with E-state index in [4.69, 9.17) is 23.2 Å². The highest BCUT2D eigenvalue weighted by atomic mass is 35.5. The van der Waals surface area contributed by atoms with E-state index in [2.05, 4.69) is 15.5 Å². The molecule has 3 aromatic rings. The standard InChI is InChI=1S/C17H13Cl2N3OS/c1-10(12-4-2-3-5-16(12)23)21-22-17-20-15(9-24-17)13-7-6-11(18)8-14(13)19/h2-9,23H,1H3,(H,20,22)/b21-10-. The molecule has 1 aromatic heterocycles. The van der Waals surface area contributed by atoms with Crippen molar-refractivity contribution >= 4 is 45.4 Å². The molecule has 0 unspecified atom stereocenters. The van der Waals surface area contributed by atoms with Crippen LogP contribution in [0.1, 0.15) is 12.5 Å². The molecule has 0 atom stereocenters. The van der Waals surface area contributed by atoms with Gasteiger partial charge in [0, 0.05) is 21.5 Å². The van der Waals surface area contributed by atoms with Crippen molar-refractivity contribution in [2.24, 2.45) is 5.10 Å². The van der Waals surface area contributed by atoms with Crippen LogP contribution in [0.25, 0.3) is 11.3 Å². The van der Waals surface area contributed by atoms with Crippen LogP contribution in [-0.2, 0) is 0 Å². The van der Waals surface area contributed by atoms with Crippen molar-refractivity contribution in [2.75, 3.05) is 5.43 Å². The number of aromatic hydroxyl groups is 1. The Kier molecular flexibility index (Phi) is 5.04. The lowest BCUT2D eigenvalue weighted by Gasteiger charge is -2.03. The van der Waals surface area contributed by atoms with Crippen molar-refractivity contribution in [3.05, 3.63) is 63.5 Å². The second-order valence-corrected chi connectivity index (χ2v) is 6.69. The van der Waals surface area contributed by atoms with E-state index in [9.17, 15) is 5.11 Å². The number of aromatic nitrogens is 1. The van der Waals surface area contributed by atoms with Crippen LogP contribution < -0.4 is 5.43 Å². The normalized spacial score (nSPS) is 11.5. The Morgan fingerprint density at radius 3 is 2.75 bits per heavy atom. The number of benzene rings is 2. The van der Waals surface area contributed by atoms with Gasteiger partial charge in [-0.05, 0) is 37.3 Å². The molecule has 3 rings (SSSR count). The average Bonchev–Trinajstić information content (AvgIpc) is 3.01. The van der Waals surface area contributed by atoms with Crippen LogP contribution >= 0.6 is 34.5 Å². The fraction of sp³-hybridized carbons (Fsp3) is 0.0588. The summed E-state index contributed by atoms with van der Waals surface area (Å²) in [6.07, 6.45) is 0. The summed E-state index contributed by atoms with van der Waals surface area (Å²) in [5.41, 5.74) is 5.80. The van der Waals surface area contributed by atoms with Gasteiger partial charge < -0.3 is 5.11 Å². The largest absolute Gasteiger partial charge is 0.507 e. The SMILES string of the molecule is C/C(=N/Nc1nc(-c2ccc(Cl)cc2Cl)cs1)c1ccccc1O. The van der Waals surface area contributed by atoms with E-state index in [-0.39, 0.29) is 5.75 Å². The first kappa shape index (κ1) is 16.8. The number of phenolic OH excluding ortho intramolecular Hbond substituents is 1. The van der Waals surface area contributed by atoms with E-state index in [1.807, 2.05) is 24.4 Å². The molecule has 0 bridgehead atoms. The number of anilines is 1. The topological polar surface area (TPSA) is 57.5 Å². The van der Waals surface area contributed by atoms with Gasteiger partial charge in [0.25, 0.3) is 0 Å². The van der Waals surface area contributed by atoms with Gasteiger partial charge in [-0.1, -0.05) is 35.3 Å². The first-order chi connectivity index (χ1) is 11.5. The predicted octanol–water partition coefficient (Wildman–Crippen LogP) is 5.66. The summed E-state index contributed by atoms with van der Waals surface area (Å²) in [5.74, 6) is 0.188. The zero-order valence-electron chi connectivity index (χ0n) is 12.6. The molecule has 2 aromatic carbocycles. The molecule has 0 saturated carbocycles. The summed E-state index contributed by atoms with van der Waals surface area (Å²) in [6, 6.07) is 12.3. The van der Waals surface area contributed by atoms with E-state index in [1.165, 1.54) is 11.3 Å². The molecule has 0 amide bonds. The molecule has 0 spiro atoms. The minimum atomic E-state index is 0.188. The van der Waals surface area contributed by atoms with Gasteiger partial charge in [0.2, 0.25) is 5.13 Å². The molecule has 0 aliphatic rings. The fourth-order valence-electron chi connectivity index (χ4n) is 2.12. The minimum Gasteiger partial charge on any atom is -0.507 e. The second-order valence-electron chi connectivity index (χ2n) is 4.99. The lowest BCUT2D eigenvalue weighted by Crippen LogP contribution is -1.99. The molecule has 0 radical (unpaired) electrons. The van der Waals surface area contributed by atoms with E-state index in [0.717, 1.165) is 11.3 Å². The molecule has 0 aliphatic carbocycles. The monoisotopic (exact) mass is 377 g/mol. The number of rotatable bonds is 4. The quantitative estimate of drug-likeness (QED) is 0.455. The lowest BCUT2D eigenvalue weighted by molar-refractivity contribution is 0.474. The number of thiazole rings is 1. The third-order valence-corrected chi connectivity index (χ3v) is 4.62. The molecule has 4 nitrogen and oxygen atoms in total. The van der Waals surface area contributed by atoms with Crippen molar-refractivity contribution in [2.45, 2.75) is 6.92 Å².